The van der Waals surface area contributed by atoms with Gasteiger partial charge in [0, 0.05) is 0 Å². The highest BCUT2D eigenvalue weighted by atomic mass is 28.5. The molecule has 0 amide bonds. The summed E-state index contributed by atoms with van der Waals surface area (Å²) in [7, 11) is -24.3. The molecule has 0 aromatic carbocycles. The van der Waals surface area contributed by atoms with E-state index in [2.05, 4.69) is 144 Å². The molecule has 19 heteroatoms. The van der Waals surface area contributed by atoms with Gasteiger partial charge >= 0.3 is 68.5 Å². The lowest BCUT2D eigenvalue weighted by molar-refractivity contribution is 0.257. The molecule has 0 fully saturated rings. The third-order valence-corrected chi connectivity index (χ3v) is 44.4. The minimum absolute atomic E-state index is 1.15. The van der Waals surface area contributed by atoms with Crippen LogP contribution < -0.4 is 0 Å². The summed E-state index contributed by atoms with van der Waals surface area (Å²) < 4.78 is 60.3. The summed E-state index contributed by atoms with van der Waals surface area (Å²) in [6, 6.07) is 1.15. The van der Waals surface area contributed by atoms with E-state index >= 15 is 0 Å². The van der Waals surface area contributed by atoms with Crippen molar-refractivity contribution in [2.45, 2.75) is 157 Å². The third-order valence-electron chi connectivity index (χ3n) is 6.10. The molecular formula is C26H72O9Si10. The quantitative estimate of drug-likeness (QED) is 0.0994. The Labute approximate surface area is 289 Å². The first-order valence-corrected chi connectivity index (χ1v) is 45.1. The van der Waals surface area contributed by atoms with E-state index in [1.807, 2.05) is 5.70 Å². The van der Waals surface area contributed by atoms with Crippen LogP contribution in [0.1, 0.15) is 19.8 Å². The van der Waals surface area contributed by atoms with Crippen LogP contribution in [0, 0.1) is 0 Å². The van der Waals surface area contributed by atoms with Crippen molar-refractivity contribution in [1.29, 1.82) is 0 Å². The van der Waals surface area contributed by atoms with Crippen LogP contribution in [0.15, 0.2) is 12.3 Å². The predicted molar refractivity (Wildman–Crippen MR) is 214 cm³/mol. The molecule has 0 unspecified atom stereocenters. The van der Waals surface area contributed by atoms with E-state index in [-0.39, 0.29) is 0 Å². The Morgan fingerprint density at radius 2 is 0.600 bits per heavy atom. The predicted octanol–water partition coefficient (Wildman–Crippen LogP) is 9.69. The Balaban J connectivity index is 5.48. The minimum atomic E-state index is -2.66. The summed E-state index contributed by atoms with van der Waals surface area (Å²) in [5.74, 6) is 0. The zero-order valence-electron chi connectivity index (χ0n) is 33.1. The molecule has 0 aromatic rings. The number of unbranched alkanes of at least 4 members (excludes halogenated alkanes) is 1. The van der Waals surface area contributed by atoms with Crippen LogP contribution in [-0.2, 0) is 37.0 Å². The fraction of sp³-hybridized carbons (Fsp3) is 0.923. The summed E-state index contributed by atoms with van der Waals surface area (Å²) in [5.41, 5.74) is 1.95. The van der Waals surface area contributed by atoms with Gasteiger partial charge in [0.2, 0.25) is 0 Å². The molecule has 0 radical (unpaired) electrons. The van der Waals surface area contributed by atoms with E-state index in [1.165, 1.54) is 12.8 Å². The molecule has 0 spiro atoms. The van der Waals surface area contributed by atoms with Crippen molar-refractivity contribution in [3.8, 4) is 0 Å². The highest BCUT2D eigenvalue weighted by Crippen LogP contribution is 2.31. The fourth-order valence-electron chi connectivity index (χ4n) is 6.30. The monoisotopic (exact) mass is 808 g/mol. The largest absolute Gasteiger partial charge is 0.436 e. The van der Waals surface area contributed by atoms with Crippen LogP contribution in [0.25, 0.3) is 0 Å². The van der Waals surface area contributed by atoms with E-state index in [4.69, 9.17) is 37.0 Å². The van der Waals surface area contributed by atoms with E-state index in [0.717, 1.165) is 6.04 Å². The van der Waals surface area contributed by atoms with Crippen LogP contribution in [0.4, 0.5) is 0 Å². The van der Waals surface area contributed by atoms with Crippen molar-refractivity contribution >= 4 is 85.1 Å². The molecular weight excluding hydrogens is 737 g/mol. The second kappa shape index (κ2) is 16.3. The number of rotatable bonds is 22. The van der Waals surface area contributed by atoms with Gasteiger partial charge in [-0.05, 0) is 137 Å². The first-order chi connectivity index (χ1) is 19.5. The smallest absolute Gasteiger partial charge is 0.314 e. The Bertz CT molecular complexity index is 955. The van der Waals surface area contributed by atoms with Gasteiger partial charge in [0.25, 0.3) is 0 Å². The average molecular weight is 810 g/mol. The molecule has 0 atom stereocenters. The van der Waals surface area contributed by atoms with Gasteiger partial charge in [-0.1, -0.05) is 25.5 Å². The van der Waals surface area contributed by atoms with Crippen molar-refractivity contribution in [2.24, 2.45) is 0 Å². The molecule has 9 nitrogen and oxygen atoms in total. The summed E-state index contributed by atoms with van der Waals surface area (Å²) in [4.78, 5) is 0. The normalized spacial score (nSPS) is 15.5. The molecule has 0 bridgehead atoms. The molecule has 0 aliphatic heterocycles. The lowest BCUT2D eigenvalue weighted by atomic mass is 10.4. The molecule has 45 heavy (non-hydrogen) atoms. The highest BCUT2D eigenvalue weighted by molar-refractivity contribution is 6.93. The van der Waals surface area contributed by atoms with Crippen molar-refractivity contribution in [1.82, 2.24) is 0 Å². The Morgan fingerprint density at radius 3 is 0.822 bits per heavy atom. The maximum absolute atomic E-state index is 6.77. The number of hydrogen-bond donors (Lipinski definition) is 0. The zero-order chi connectivity index (χ0) is 36.2. The lowest BCUT2D eigenvalue weighted by Crippen LogP contribution is -2.62. The first kappa shape index (κ1) is 46.5. The van der Waals surface area contributed by atoms with Crippen LogP contribution >= 0.6 is 0 Å². The minimum Gasteiger partial charge on any atom is -0.436 e. The maximum Gasteiger partial charge on any atom is 0.314 e. The van der Waals surface area contributed by atoms with Crippen LogP contribution in [0.5, 0.6) is 0 Å². The van der Waals surface area contributed by atoms with Gasteiger partial charge in [-0.25, -0.2) is 0 Å². The Hall–Kier alpha value is 1.55. The zero-order valence-corrected chi connectivity index (χ0v) is 43.1. The van der Waals surface area contributed by atoms with Crippen molar-refractivity contribution < 1.29 is 37.0 Å². The summed E-state index contributed by atoms with van der Waals surface area (Å²) in [6.07, 6.45) is 2.38. The fourth-order valence-corrected chi connectivity index (χ4v) is 56.1. The standard InChI is InChI=1S/C26H72O9Si10/c1-23-25-26-37(5,6)28-39(9,10)30-41(13,14)32-43(17,18)34-45(21,22)35-44(19,20)33-42(15,16)31-40(11,12)29-38(7,8)27-36(3,4)24-2/h24H,2,23,25-26H2,1,3-22H3. The summed E-state index contributed by atoms with van der Waals surface area (Å²) in [6.45, 7) is 48.5. The van der Waals surface area contributed by atoms with Gasteiger partial charge in [0.05, 0.1) is 0 Å². The van der Waals surface area contributed by atoms with Crippen molar-refractivity contribution in [2.75, 3.05) is 0 Å². The molecule has 0 rings (SSSR count). The Morgan fingerprint density at radius 1 is 0.378 bits per heavy atom. The highest BCUT2D eigenvalue weighted by Gasteiger charge is 2.50. The summed E-state index contributed by atoms with van der Waals surface area (Å²) >= 11 is 0. The maximum atomic E-state index is 6.77. The van der Waals surface area contributed by atoms with Crippen LogP contribution in [-0.4, -0.2) is 85.1 Å². The number of hydrogen-bond acceptors (Lipinski definition) is 9. The van der Waals surface area contributed by atoms with Gasteiger partial charge in [0.1, 0.15) is 0 Å². The SMILES string of the molecule is C=C[Si](C)(C)O[Si](C)(C)O[Si](C)(C)O[Si](C)(C)O[Si](C)(C)O[Si](C)(C)O[Si](C)(C)O[Si](C)(C)O[Si](C)(C)O[Si](C)(C)CCCC. The second-order valence-electron chi connectivity index (χ2n) is 16.8. The Kier molecular flexibility index (Phi) is 16.8. The van der Waals surface area contributed by atoms with Gasteiger partial charge in [-0.15, -0.1) is 6.58 Å². The molecule has 0 aliphatic carbocycles. The average Bonchev–Trinajstić information content (AvgIpc) is 2.63. The van der Waals surface area contributed by atoms with Gasteiger partial charge in [-0.3, -0.25) is 0 Å². The van der Waals surface area contributed by atoms with Gasteiger partial charge in [0.15, 0.2) is 16.6 Å². The lowest BCUT2D eigenvalue weighted by Gasteiger charge is -2.44. The van der Waals surface area contributed by atoms with Crippen molar-refractivity contribution in [3.63, 3.8) is 0 Å². The second-order valence-corrected chi connectivity index (χ2v) is 54.2. The molecule has 0 saturated carbocycles. The van der Waals surface area contributed by atoms with Crippen molar-refractivity contribution in [3.05, 3.63) is 12.3 Å². The molecule has 0 aromatic heterocycles. The molecule has 0 heterocycles. The van der Waals surface area contributed by atoms with Crippen LogP contribution in [0.3, 0.4) is 0 Å². The van der Waals surface area contributed by atoms with Crippen LogP contribution in [0.2, 0.25) is 137 Å². The van der Waals surface area contributed by atoms with E-state index < -0.39 is 85.1 Å². The first-order valence-electron chi connectivity index (χ1n) is 16.4. The summed E-state index contributed by atoms with van der Waals surface area (Å²) in [5, 5.41) is 0. The molecule has 0 N–H and O–H groups in total. The molecule has 0 aliphatic rings. The third kappa shape index (κ3) is 21.4. The van der Waals surface area contributed by atoms with E-state index in [9.17, 15) is 0 Å². The van der Waals surface area contributed by atoms with Gasteiger partial charge < -0.3 is 37.0 Å². The van der Waals surface area contributed by atoms with E-state index in [1.54, 1.807) is 0 Å². The topological polar surface area (TPSA) is 83.1 Å². The van der Waals surface area contributed by atoms with E-state index in [0.29, 0.717) is 0 Å². The van der Waals surface area contributed by atoms with Gasteiger partial charge in [-0.2, -0.15) is 0 Å². The molecule has 0 saturated heterocycles. The molecule has 270 valence electrons.